The Morgan fingerprint density at radius 3 is 2.79 bits per heavy atom. The highest BCUT2D eigenvalue weighted by molar-refractivity contribution is 6.01. The van der Waals surface area contributed by atoms with Gasteiger partial charge in [-0.3, -0.25) is 9.59 Å². The monoisotopic (exact) mass is 447 g/mol. The first-order valence-corrected chi connectivity index (χ1v) is 11.6. The molecule has 8 heteroatoms. The van der Waals surface area contributed by atoms with Gasteiger partial charge in [-0.25, -0.2) is 9.97 Å². The maximum atomic E-state index is 13.0. The fraction of sp³-hybridized carbons (Fsp3) is 0.440. The lowest BCUT2D eigenvalue weighted by molar-refractivity contribution is -0.126. The van der Waals surface area contributed by atoms with Crippen molar-refractivity contribution in [1.29, 1.82) is 0 Å². The van der Waals surface area contributed by atoms with Crippen LogP contribution in [0.25, 0.3) is 0 Å². The average molecular weight is 448 g/mol. The summed E-state index contributed by atoms with van der Waals surface area (Å²) in [5.74, 6) is 0.530. The number of hydrogen-bond acceptors (Lipinski definition) is 6. The number of benzene rings is 1. The lowest BCUT2D eigenvalue weighted by atomic mass is 9.92. The van der Waals surface area contributed by atoms with Gasteiger partial charge in [0.25, 0.3) is 5.91 Å². The Morgan fingerprint density at radius 2 is 1.97 bits per heavy atom. The molecule has 2 amide bonds. The van der Waals surface area contributed by atoms with Crippen LogP contribution in [0.1, 0.15) is 60.0 Å². The minimum absolute atomic E-state index is 0.0600. The number of hydrogen-bond donors (Lipinski definition) is 2. The highest BCUT2D eigenvalue weighted by Crippen LogP contribution is 2.32. The van der Waals surface area contributed by atoms with Crippen molar-refractivity contribution >= 4 is 11.8 Å². The molecular weight excluding hydrogens is 418 g/mol. The summed E-state index contributed by atoms with van der Waals surface area (Å²) in [5.41, 5.74) is 3.33. The topological polar surface area (TPSA) is 96.4 Å². The zero-order valence-electron chi connectivity index (χ0n) is 18.6. The lowest BCUT2D eigenvalue weighted by Gasteiger charge is -2.32. The number of allylic oxidation sites excluding steroid dienone is 1. The molecule has 2 aliphatic heterocycles. The zero-order chi connectivity index (χ0) is 22.8. The Labute approximate surface area is 193 Å². The molecule has 1 saturated heterocycles. The highest BCUT2D eigenvalue weighted by atomic mass is 16.5. The van der Waals surface area contributed by atoms with E-state index in [1.807, 2.05) is 30.6 Å². The van der Waals surface area contributed by atoms with Gasteiger partial charge < -0.3 is 20.3 Å². The highest BCUT2D eigenvalue weighted by Gasteiger charge is 2.38. The van der Waals surface area contributed by atoms with E-state index in [0.717, 1.165) is 36.1 Å². The number of piperidine rings is 1. The van der Waals surface area contributed by atoms with Crippen molar-refractivity contribution in [2.24, 2.45) is 0 Å². The second-order valence-electron chi connectivity index (χ2n) is 9.07. The summed E-state index contributed by atoms with van der Waals surface area (Å²) in [7, 11) is 0. The summed E-state index contributed by atoms with van der Waals surface area (Å²) in [6.45, 7) is 4.95. The van der Waals surface area contributed by atoms with Crippen LogP contribution in [0.15, 0.2) is 49.2 Å². The summed E-state index contributed by atoms with van der Waals surface area (Å²) in [5, 5.41) is 6.39. The van der Waals surface area contributed by atoms with E-state index in [-0.39, 0.29) is 24.0 Å². The van der Waals surface area contributed by atoms with Gasteiger partial charge in [-0.2, -0.15) is 0 Å². The van der Waals surface area contributed by atoms with Gasteiger partial charge in [0.2, 0.25) is 5.91 Å². The molecule has 0 bridgehead atoms. The third kappa shape index (κ3) is 4.61. The smallest absolute Gasteiger partial charge is 0.255 e. The number of nitrogens with zero attached hydrogens (tertiary/aromatic N) is 3. The number of rotatable bonds is 6. The minimum atomic E-state index is -0.450. The molecule has 3 aliphatic rings. The third-order valence-electron chi connectivity index (χ3n) is 6.78. The molecule has 2 fully saturated rings. The Kier molecular flexibility index (Phi) is 6.09. The van der Waals surface area contributed by atoms with Crippen molar-refractivity contribution in [3.8, 4) is 5.75 Å². The van der Waals surface area contributed by atoms with Gasteiger partial charge in [0.15, 0.2) is 0 Å². The maximum absolute atomic E-state index is 13.0. The zero-order valence-corrected chi connectivity index (χ0v) is 18.6. The molecule has 3 heterocycles. The lowest BCUT2D eigenvalue weighted by Crippen LogP contribution is -2.49. The molecule has 1 saturated carbocycles. The van der Waals surface area contributed by atoms with Crippen LogP contribution in [-0.4, -0.2) is 44.9 Å². The number of carbonyl (C=O) groups is 2. The number of carbonyl (C=O) groups excluding carboxylic acids is 2. The number of ether oxygens (including phenoxy) is 1. The number of amides is 2. The van der Waals surface area contributed by atoms with E-state index in [2.05, 4.69) is 27.2 Å². The van der Waals surface area contributed by atoms with E-state index in [1.54, 1.807) is 4.90 Å². The second-order valence-corrected chi connectivity index (χ2v) is 9.07. The summed E-state index contributed by atoms with van der Waals surface area (Å²) in [6, 6.07) is 5.46. The van der Waals surface area contributed by atoms with E-state index >= 15 is 0 Å². The Bertz CT molecular complexity index is 1060. The standard InChI is InChI=1S/C25H29N5O3/c1-16-6-9-22(24(31)29-16)30-14-18-10-19(7-8-20(18)25(30)32)33-23-5-3-2-4-21(23)28-13-17-11-26-15-27-12-17/h7-8,10-12,15,21-23,28H,1-6,9,13-14H2,(H,29,31)/t21-,22?,23-/m1/s1. The van der Waals surface area contributed by atoms with E-state index < -0.39 is 6.04 Å². The molecule has 0 spiro atoms. The summed E-state index contributed by atoms with van der Waals surface area (Å²) < 4.78 is 6.42. The first-order chi connectivity index (χ1) is 16.1. The second kappa shape index (κ2) is 9.31. The molecule has 2 N–H and O–H groups in total. The predicted molar refractivity (Wildman–Crippen MR) is 122 cm³/mol. The Hall–Kier alpha value is -3.26. The molecule has 33 heavy (non-hydrogen) atoms. The number of nitrogens with one attached hydrogen (secondary N) is 2. The van der Waals surface area contributed by atoms with Crippen LogP contribution in [0.2, 0.25) is 0 Å². The Morgan fingerprint density at radius 1 is 1.15 bits per heavy atom. The van der Waals surface area contributed by atoms with Crippen molar-refractivity contribution in [1.82, 2.24) is 25.5 Å². The van der Waals surface area contributed by atoms with Gasteiger partial charge in [0.1, 0.15) is 24.2 Å². The van der Waals surface area contributed by atoms with Crippen molar-refractivity contribution in [2.75, 3.05) is 0 Å². The van der Waals surface area contributed by atoms with E-state index in [4.69, 9.17) is 4.74 Å². The van der Waals surface area contributed by atoms with E-state index in [9.17, 15) is 9.59 Å². The van der Waals surface area contributed by atoms with Gasteiger partial charge in [0.05, 0.1) is 0 Å². The van der Waals surface area contributed by atoms with Crippen LogP contribution in [0.4, 0.5) is 0 Å². The molecule has 1 aliphatic carbocycles. The molecule has 5 rings (SSSR count). The van der Waals surface area contributed by atoms with Crippen molar-refractivity contribution in [3.63, 3.8) is 0 Å². The van der Waals surface area contributed by atoms with Gasteiger partial charge in [-0.05, 0) is 55.9 Å². The maximum Gasteiger partial charge on any atom is 0.255 e. The van der Waals surface area contributed by atoms with Crippen LogP contribution in [0, 0.1) is 0 Å². The van der Waals surface area contributed by atoms with Gasteiger partial charge in [-0.1, -0.05) is 13.0 Å². The molecule has 1 aromatic carbocycles. The van der Waals surface area contributed by atoms with Crippen LogP contribution in [0.3, 0.4) is 0 Å². The largest absolute Gasteiger partial charge is 0.489 e. The molecule has 0 radical (unpaired) electrons. The first kappa shape index (κ1) is 21.6. The SMILES string of the molecule is C=C1CCC(N2Cc3cc(O[C@@H]4CCCC[C@H]4NCc4cncnc4)ccc3C2=O)C(=O)N1. The van der Waals surface area contributed by atoms with Crippen molar-refractivity contribution < 1.29 is 14.3 Å². The molecule has 1 aromatic heterocycles. The molecule has 8 nitrogen and oxygen atoms in total. The number of fused-ring (bicyclic) bond motifs is 1. The third-order valence-corrected chi connectivity index (χ3v) is 6.78. The average Bonchev–Trinajstić information content (AvgIpc) is 3.14. The van der Waals surface area contributed by atoms with Crippen LogP contribution in [-0.2, 0) is 17.9 Å². The van der Waals surface area contributed by atoms with Crippen LogP contribution in [0.5, 0.6) is 5.75 Å². The molecule has 2 aromatic rings. The molecule has 3 atom stereocenters. The Balaban J connectivity index is 1.25. The van der Waals surface area contributed by atoms with Crippen molar-refractivity contribution in [2.45, 2.75) is 69.8 Å². The normalized spacial score (nSPS) is 25.0. The van der Waals surface area contributed by atoms with Gasteiger partial charge >= 0.3 is 0 Å². The van der Waals surface area contributed by atoms with Crippen molar-refractivity contribution in [3.05, 3.63) is 65.9 Å². The fourth-order valence-electron chi connectivity index (χ4n) is 5.02. The van der Waals surface area contributed by atoms with E-state index in [0.29, 0.717) is 37.2 Å². The molecular formula is C25H29N5O3. The van der Waals surface area contributed by atoms with E-state index in [1.165, 1.54) is 12.7 Å². The predicted octanol–water partition coefficient (Wildman–Crippen LogP) is 2.70. The van der Waals surface area contributed by atoms with Gasteiger partial charge in [0, 0.05) is 48.3 Å². The first-order valence-electron chi connectivity index (χ1n) is 11.6. The van der Waals surface area contributed by atoms with Gasteiger partial charge in [-0.15, -0.1) is 0 Å². The summed E-state index contributed by atoms with van der Waals surface area (Å²) in [4.78, 5) is 35.2. The fourth-order valence-corrected chi connectivity index (χ4v) is 5.02. The summed E-state index contributed by atoms with van der Waals surface area (Å²) in [6.07, 6.45) is 10.9. The molecule has 1 unspecified atom stereocenters. The van der Waals surface area contributed by atoms with Crippen LogP contribution >= 0.6 is 0 Å². The minimum Gasteiger partial charge on any atom is -0.489 e. The number of aromatic nitrogens is 2. The quantitative estimate of drug-likeness (QED) is 0.707. The van der Waals surface area contributed by atoms with Crippen LogP contribution < -0.4 is 15.4 Å². The molecule has 172 valence electrons. The summed E-state index contributed by atoms with van der Waals surface area (Å²) >= 11 is 0.